The van der Waals surface area contributed by atoms with E-state index >= 15 is 0 Å². The van der Waals surface area contributed by atoms with Gasteiger partial charge in [0.15, 0.2) is 5.78 Å². The summed E-state index contributed by atoms with van der Waals surface area (Å²) in [4.78, 5) is 23.2. The fourth-order valence-electron chi connectivity index (χ4n) is 3.39. The van der Waals surface area contributed by atoms with E-state index in [1.54, 1.807) is 12.1 Å². The Bertz CT molecular complexity index is 729. The first-order valence-electron chi connectivity index (χ1n) is 8.84. The van der Waals surface area contributed by atoms with Gasteiger partial charge in [0.1, 0.15) is 0 Å². The fraction of sp³-hybridized carbons (Fsp3) is 0.333. The predicted molar refractivity (Wildman–Crippen MR) is 98.5 cm³/mol. The van der Waals surface area contributed by atoms with Gasteiger partial charge < -0.3 is 10.4 Å². The van der Waals surface area contributed by atoms with Crippen molar-refractivity contribution in [2.24, 2.45) is 0 Å². The van der Waals surface area contributed by atoms with Gasteiger partial charge in [0.25, 0.3) is 0 Å². The molecule has 1 aliphatic carbocycles. The quantitative estimate of drug-likeness (QED) is 0.748. The summed E-state index contributed by atoms with van der Waals surface area (Å²) in [5.41, 5.74) is 3.01. The van der Waals surface area contributed by atoms with Crippen LogP contribution in [0.25, 0.3) is 0 Å². The van der Waals surface area contributed by atoms with Gasteiger partial charge in [-0.25, -0.2) is 4.79 Å². The van der Waals surface area contributed by atoms with E-state index in [9.17, 15) is 9.59 Å². The van der Waals surface area contributed by atoms with E-state index in [0.29, 0.717) is 11.5 Å². The van der Waals surface area contributed by atoms with E-state index in [4.69, 9.17) is 5.11 Å². The van der Waals surface area contributed by atoms with E-state index in [1.807, 2.05) is 12.1 Å². The SMILES string of the molecule is O=C(O)c1ccc(NCC(=O)c2ccc(C3CCCCC3)cc2)cc1. The average Bonchev–Trinajstić information content (AvgIpc) is 2.67. The third-order valence-electron chi connectivity index (χ3n) is 4.89. The molecule has 25 heavy (non-hydrogen) atoms. The minimum absolute atomic E-state index is 0.0255. The van der Waals surface area contributed by atoms with E-state index in [2.05, 4.69) is 17.4 Å². The number of aromatic carboxylic acids is 1. The molecule has 0 atom stereocenters. The number of Topliss-reactive ketones (excluding diaryl/α,β-unsaturated/α-hetero) is 1. The molecule has 0 bridgehead atoms. The second-order valence-electron chi connectivity index (χ2n) is 6.62. The number of nitrogens with one attached hydrogen (secondary N) is 1. The van der Waals surface area contributed by atoms with Gasteiger partial charge in [0.05, 0.1) is 12.1 Å². The van der Waals surface area contributed by atoms with Gasteiger partial charge in [-0.15, -0.1) is 0 Å². The minimum atomic E-state index is -0.958. The third-order valence-corrected chi connectivity index (χ3v) is 4.89. The molecule has 1 aliphatic rings. The molecule has 4 heteroatoms. The summed E-state index contributed by atoms with van der Waals surface area (Å²) in [6.07, 6.45) is 6.44. The van der Waals surface area contributed by atoms with E-state index in [0.717, 1.165) is 5.69 Å². The van der Waals surface area contributed by atoms with Crippen LogP contribution in [0.4, 0.5) is 5.69 Å². The molecule has 3 rings (SSSR count). The van der Waals surface area contributed by atoms with Crippen molar-refractivity contribution < 1.29 is 14.7 Å². The molecule has 0 spiro atoms. The van der Waals surface area contributed by atoms with Crippen LogP contribution in [-0.2, 0) is 0 Å². The summed E-state index contributed by atoms with van der Waals surface area (Å²) in [5.74, 6) is -0.290. The normalized spacial score (nSPS) is 14.9. The van der Waals surface area contributed by atoms with Crippen molar-refractivity contribution in [3.05, 3.63) is 65.2 Å². The molecule has 2 N–H and O–H groups in total. The molecular weight excluding hydrogens is 314 g/mol. The molecule has 0 unspecified atom stereocenters. The minimum Gasteiger partial charge on any atom is -0.478 e. The number of carbonyl (C=O) groups excluding carboxylic acids is 1. The summed E-state index contributed by atoms with van der Waals surface area (Å²) in [7, 11) is 0. The maximum atomic E-state index is 12.3. The zero-order chi connectivity index (χ0) is 17.6. The Morgan fingerprint density at radius 3 is 2.08 bits per heavy atom. The summed E-state index contributed by atoms with van der Waals surface area (Å²) < 4.78 is 0. The van der Waals surface area contributed by atoms with Crippen LogP contribution >= 0.6 is 0 Å². The Morgan fingerprint density at radius 2 is 1.48 bits per heavy atom. The molecule has 2 aromatic rings. The number of anilines is 1. The largest absolute Gasteiger partial charge is 0.478 e. The summed E-state index contributed by atoms with van der Waals surface area (Å²) in [5, 5.41) is 11.9. The van der Waals surface area contributed by atoms with Gasteiger partial charge >= 0.3 is 5.97 Å². The fourth-order valence-corrected chi connectivity index (χ4v) is 3.39. The van der Waals surface area contributed by atoms with E-state index < -0.39 is 5.97 Å². The van der Waals surface area contributed by atoms with Crippen LogP contribution in [0.3, 0.4) is 0 Å². The highest BCUT2D eigenvalue weighted by Crippen LogP contribution is 2.32. The van der Waals surface area contributed by atoms with Crippen molar-refractivity contribution in [1.29, 1.82) is 0 Å². The highest BCUT2D eigenvalue weighted by molar-refractivity contribution is 5.99. The Balaban J connectivity index is 1.56. The maximum Gasteiger partial charge on any atom is 0.335 e. The van der Waals surface area contributed by atoms with Crippen LogP contribution in [0.15, 0.2) is 48.5 Å². The van der Waals surface area contributed by atoms with Crippen LogP contribution in [-0.4, -0.2) is 23.4 Å². The summed E-state index contributed by atoms with van der Waals surface area (Å²) >= 11 is 0. The Kier molecular flexibility index (Phi) is 5.49. The van der Waals surface area contributed by atoms with Gasteiger partial charge in [-0.05, 0) is 48.6 Å². The van der Waals surface area contributed by atoms with Gasteiger partial charge in [-0.1, -0.05) is 43.5 Å². The predicted octanol–water partition coefficient (Wildman–Crippen LogP) is 4.73. The first-order chi connectivity index (χ1) is 12.1. The number of benzene rings is 2. The molecule has 0 heterocycles. The number of carbonyl (C=O) groups is 2. The molecule has 1 fully saturated rings. The van der Waals surface area contributed by atoms with Crippen molar-refractivity contribution in [3.8, 4) is 0 Å². The molecule has 1 saturated carbocycles. The van der Waals surface area contributed by atoms with Gasteiger partial charge in [-0.3, -0.25) is 4.79 Å². The third kappa shape index (κ3) is 4.47. The van der Waals surface area contributed by atoms with Crippen LogP contribution < -0.4 is 5.32 Å². The summed E-state index contributed by atoms with van der Waals surface area (Å²) in [6.45, 7) is 0.190. The van der Waals surface area contributed by atoms with Crippen molar-refractivity contribution in [3.63, 3.8) is 0 Å². The topological polar surface area (TPSA) is 66.4 Å². The first-order valence-corrected chi connectivity index (χ1v) is 8.84. The van der Waals surface area contributed by atoms with E-state index in [1.165, 1.54) is 49.8 Å². The number of rotatable bonds is 6. The zero-order valence-corrected chi connectivity index (χ0v) is 14.2. The molecule has 0 radical (unpaired) electrons. The molecule has 4 nitrogen and oxygen atoms in total. The molecule has 2 aromatic carbocycles. The number of carboxylic acid groups (broad SMARTS) is 1. The van der Waals surface area contributed by atoms with E-state index in [-0.39, 0.29) is 17.9 Å². The monoisotopic (exact) mass is 337 g/mol. The lowest BCUT2D eigenvalue weighted by molar-refractivity contribution is 0.0696. The van der Waals surface area contributed by atoms with Crippen molar-refractivity contribution in [2.75, 3.05) is 11.9 Å². The first kappa shape index (κ1) is 17.2. The highest BCUT2D eigenvalue weighted by atomic mass is 16.4. The molecule has 0 aliphatic heterocycles. The van der Waals surface area contributed by atoms with Crippen LogP contribution in [0.1, 0.15) is 64.3 Å². The number of hydrogen-bond acceptors (Lipinski definition) is 3. The lowest BCUT2D eigenvalue weighted by Gasteiger charge is -2.22. The molecule has 0 aromatic heterocycles. The van der Waals surface area contributed by atoms with Crippen molar-refractivity contribution in [2.45, 2.75) is 38.0 Å². The number of hydrogen-bond donors (Lipinski definition) is 2. The van der Waals surface area contributed by atoms with Crippen molar-refractivity contribution >= 4 is 17.4 Å². The smallest absolute Gasteiger partial charge is 0.335 e. The lowest BCUT2D eigenvalue weighted by atomic mass is 9.84. The molecule has 130 valence electrons. The Morgan fingerprint density at radius 1 is 0.880 bits per heavy atom. The number of carboxylic acids is 1. The maximum absolute atomic E-state index is 12.3. The lowest BCUT2D eigenvalue weighted by Crippen LogP contribution is -2.14. The standard InChI is InChI=1S/C21H23NO3/c23-20(14-22-19-12-10-18(11-13-19)21(24)25)17-8-6-16(7-9-17)15-4-2-1-3-5-15/h6-13,15,22H,1-5,14H2,(H,24,25). The number of ketones is 1. The van der Waals surface area contributed by atoms with Crippen LogP contribution in [0.2, 0.25) is 0 Å². The van der Waals surface area contributed by atoms with Gasteiger partial charge in [0.2, 0.25) is 0 Å². The molecular formula is C21H23NO3. The van der Waals surface area contributed by atoms with Crippen LogP contribution in [0.5, 0.6) is 0 Å². The zero-order valence-electron chi connectivity index (χ0n) is 14.2. The molecule has 0 amide bonds. The summed E-state index contributed by atoms with van der Waals surface area (Å²) in [6, 6.07) is 14.4. The second kappa shape index (κ2) is 7.97. The van der Waals surface area contributed by atoms with Crippen LogP contribution in [0, 0.1) is 0 Å². The highest BCUT2D eigenvalue weighted by Gasteiger charge is 2.15. The Labute approximate surface area is 147 Å². The van der Waals surface area contributed by atoms with Gasteiger partial charge in [0, 0.05) is 11.3 Å². The average molecular weight is 337 g/mol. The van der Waals surface area contributed by atoms with Crippen molar-refractivity contribution in [1.82, 2.24) is 0 Å². The van der Waals surface area contributed by atoms with Gasteiger partial charge in [-0.2, -0.15) is 0 Å². The second-order valence-corrected chi connectivity index (χ2v) is 6.62. The Hall–Kier alpha value is -2.62. The molecule has 0 saturated heterocycles.